The lowest BCUT2D eigenvalue weighted by Crippen LogP contribution is -1.86. The minimum Gasteiger partial charge on any atom is -0.0979 e. The summed E-state index contributed by atoms with van der Waals surface area (Å²) in [6.45, 7) is 2.22. The van der Waals surface area contributed by atoms with Crippen molar-refractivity contribution in [3.05, 3.63) is 90.0 Å². The maximum atomic E-state index is 3.38. The van der Waals surface area contributed by atoms with Crippen molar-refractivity contribution < 1.29 is 0 Å². The standard InChI is InChI=1S/C27H24S/c1-2-3-4-5-9-16-24-17-10-11-18-25(24)26-19-12-13-20-27(26)28-22-21-23-14-7-6-8-15-23/h6-8,10-15,17-20H,2-5H2,1H3. The Morgan fingerprint density at radius 3 is 2.25 bits per heavy atom. The van der Waals surface area contributed by atoms with Gasteiger partial charge in [0.15, 0.2) is 0 Å². The van der Waals surface area contributed by atoms with Gasteiger partial charge in [0.1, 0.15) is 0 Å². The molecule has 0 atom stereocenters. The third-order valence-corrected chi connectivity index (χ3v) is 5.14. The Labute approximate surface area is 173 Å². The van der Waals surface area contributed by atoms with Crippen LogP contribution in [0.25, 0.3) is 11.1 Å². The van der Waals surface area contributed by atoms with Crippen molar-refractivity contribution in [1.82, 2.24) is 0 Å². The molecule has 0 aromatic heterocycles. The molecule has 0 aliphatic heterocycles. The van der Waals surface area contributed by atoms with Crippen LogP contribution < -0.4 is 0 Å². The first-order chi connectivity index (χ1) is 13.9. The predicted molar refractivity (Wildman–Crippen MR) is 122 cm³/mol. The Bertz CT molecular complexity index is 1010. The SMILES string of the molecule is CCCCCC#Cc1ccccc1-c1ccccc1SC#Cc1ccccc1. The van der Waals surface area contributed by atoms with Crippen LogP contribution in [0.2, 0.25) is 0 Å². The summed E-state index contributed by atoms with van der Waals surface area (Å²) in [5.74, 6) is 9.96. The van der Waals surface area contributed by atoms with Gasteiger partial charge in [-0.15, -0.1) is 0 Å². The van der Waals surface area contributed by atoms with Gasteiger partial charge in [-0.25, -0.2) is 0 Å². The molecule has 0 spiro atoms. The van der Waals surface area contributed by atoms with Crippen molar-refractivity contribution in [2.24, 2.45) is 0 Å². The van der Waals surface area contributed by atoms with E-state index in [4.69, 9.17) is 0 Å². The van der Waals surface area contributed by atoms with Crippen LogP contribution in [0.15, 0.2) is 83.8 Å². The van der Waals surface area contributed by atoms with Gasteiger partial charge >= 0.3 is 0 Å². The monoisotopic (exact) mass is 380 g/mol. The van der Waals surface area contributed by atoms with Gasteiger partial charge in [-0.2, -0.15) is 0 Å². The molecule has 0 radical (unpaired) electrons. The molecule has 0 unspecified atom stereocenters. The highest BCUT2D eigenvalue weighted by atomic mass is 32.2. The molecule has 0 aliphatic rings. The van der Waals surface area contributed by atoms with Crippen LogP contribution in [-0.4, -0.2) is 0 Å². The van der Waals surface area contributed by atoms with Crippen LogP contribution in [0, 0.1) is 23.0 Å². The number of hydrogen-bond donors (Lipinski definition) is 0. The molecule has 3 rings (SSSR count). The van der Waals surface area contributed by atoms with Crippen molar-refractivity contribution in [3.63, 3.8) is 0 Å². The van der Waals surface area contributed by atoms with Gasteiger partial charge in [0.25, 0.3) is 0 Å². The average molecular weight is 381 g/mol. The van der Waals surface area contributed by atoms with E-state index in [1.807, 2.05) is 30.3 Å². The highest BCUT2D eigenvalue weighted by Gasteiger charge is 2.07. The number of thioether (sulfide) groups is 1. The molecule has 138 valence electrons. The van der Waals surface area contributed by atoms with Gasteiger partial charge in [0, 0.05) is 22.4 Å². The van der Waals surface area contributed by atoms with E-state index in [1.54, 1.807) is 11.8 Å². The fourth-order valence-corrected chi connectivity index (χ4v) is 3.60. The van der Waals surface area contributed by atoms with Crippen LogP contribution >= 0.6 is 11.8 Å². The summed E-state index contributed by atoms with van der Waals surface area (Å²) in [7, 11) is 0. The van der Waals surface area contributed by atoms with Crippen molar-refractivity contribution in [2.45, 2.75) is 37.5 Å². The zero-order valence-electron chi connectivity index (χ0n) is 16.2. The Balaban J connectivity index is 1.84. The summed E-state index contributed by atoms with van der Waals surface area (Å²) in [6, 6.07) is 26.9. The van der Waals surface area contributed by atoms with E-state index < -0.39 is 0 Å². The van der Waals surface area contributed by atoms with Crippen molar-refractivity contribution >= 4 is 11.8 Å². The molecule has 0 N–H and O–H groups in total. The van der Waals surface area contributed by atoms with Crippen LogP contribution in [0.4, 0.5) is 0 Å². The summed E-state index contributed by atoms with van der Waals surface area (Å²) in [6.07, 6.45) is 4.61. The quantitative estimate of drug-likeness (QED) is 0.253. The van der Waals surface area contributed by atoms with Gasteiger partial charge in [-0.1, -0.05) is 92.1 Å². The third-order valence-electron chi connectivity index (χ3n) is 4.36. The Hall–Kier alpha value is -2.87. The predicted octanol–water partition coefficient (Wildman–Crippen LogP) is 7.39. The smallest absolute Gasteiger partial charge is 0.0324 e. The topological polar surface area (TPSA) is 0 Å². The first-order valence-corrected chi connectivity index (χ1v) is 10.6. The first kappa shape index (κ1) is 19.9. The van der Waals surface area contributed by atoms with Crippen LogP contribution in [0.1, 0.15) is 43.7 Å². The van der Waals surface area contributed by atoms with Crippen LogP contribution in [0.3, 0.4) is 0 Å². The van der Waals surface area contributed by atoms with Crippen molar-refractivity contribution in [1.29, 1.82) is 0 Å². The molecule has 0 amide bonds. The lowest BCUT2D eigenvalue weighted by Gasteiger charge is -2.09. The Morgan fingerprint density at radius 2 is 1.43 bits per heavy atom. The highest BCUT2D eigenvalue weighted by molar-refractivity contribution is 8.04. The summed E-state index contributed by atoms with van der Waals surface area (Å²) in [5.41, 5.74) is 4.48. The minimum atomic E-state index is 0.959. The zero-order valence-corrected chi connectivity index (χ0v) is 17.1. The van der Waals surface area contributed by atoms with E-state index >= 15 is 0 Å². The van der Waals surface area contributed by atoms with Crippen LogP contribution in [-0.2, 0) is 0 Å². The first-order valence-electron chi connectivity index (χ1n) is 9.78. The third kappa shape index (κ3) is 5.82. The maximum absolute atomic E-state index is 3.38. The number of rotatable bonds is 5. The van der Waals surface area contributed by atoms with E-state index in [2.05, 4.69) is 78.5 Å². The van der Waals surface area contributed by atoms with Gasteiger partial charge in [-0.3, -0.25) is 0 Å². The van der Waals surface area contributed by atoms with E-state index in [9.17, 15) is 0 Å². The Kier molecular flexibility index (Phi) is 7.87. The summed E-state index contributed by atoms with van der Waals surface area (Å²) < 4.78 is 0. The van der Waals surface area contributed by atoms with Crippen LogP contribution in [0.5, 0.6) is 0 Å². The molecule has 0 fully saturated rings. The average Bonchev–Trinajstić information content (AvgIpc) is 2.75. The molecule has 3 aromatic carbocycles. The normalized spacial score (nSPS) is 9.75. The second kappa shape index (κ2) is 11.1. The maximum Gasteiger partial charge on any atom is 0.0324 e. The molecule has 28 heavy (non-hydrogen) atoms. The van der Waals surface area contributed by atoms with E-state index in [0.717, 1.165) is 22.4 Å². The highest BCUT2D eigenvalue weighted by Crippen LogP contribution is 2.32. The molecule has 0 bridgehead atoms. The second-order valence-corrected chi connectivity index (χ2v) is 7.34. The second-order valence-electron chi connectivity index (χ2n) is 6.50. The van der Waals surface area contributed by atoms with E-state index in [0.29, 0.717) is 0 Å². The van der Waals surface area contributed by atoms with E-state index in [1.165, 1.54) is 30.4 Å². The lowest BCUT2D eigenvalue weighted by atomic mass is 10.00. The van der Waals surface area contributed by atoms with Gasteiger partial charge < -0.3 is 0 Å². The Morgan fingerprint density at radius 1 is 0.714 bits per heavy atom. The molecule has 0 heterocycles. The number of hydrogen-bond acceptors (Lipinski definition) is 1. The number of benzene rings is 3. The summed E-state index contributed by atoms with van der Waals surface area (Å²) in [4.78, 5) is 1.16. The molecule has 1 heteroatoms. The van der Waals surface area contributed by atoms with Gasteiger partial charge in [0.2, 0.25) is 0 Å². The molecule has 0 saturated carbocycles. The number of unbranched alkanes of at least 4 members (excludes halogenated alkanes) is 3. The van der Waals surface area contributed by atoms with Gasteiger partial charge in [0.05, 0.1) is 0 Å². The largest absolute Gasteiger partial charge is 0.0979 e. The summed E-state index contributed by atoms with van der Waals surface area (Å²) >= 11 is 1.57. The fraction of sp³-hybridized carbons (Fsp3) is 0.185. The lowest BCUT2D eigenvalue weighted by molar-refractivity contribution is 0.737. The molecule has 0 aliphatic carbocycles. The van der Waals surface area contributed by atoms with Gasteiger partial charge in [-0.05, 0) is 58.8 Å². The molecule has 0 saturated heterocycles. The molecule has 0 nitrogen and oxygen atoms in total. The molecular weight excluding hydrogens is 356 g/mol. The zero-order chi connectivity index (χ0) is 19.4. The van der Waals surface area contributed by atoms with E-state index in [-0.39, 0.29) is 0 Å². The van der Waals surface area contributed by atoms with Crippen molar-refractivity contribution in [3.8, 4) is 34.1 Å². The minimum absolute atomic E-state index is 0.959. The van der Waals surface area contributed by atoms with Crippen molar-refractivity contribution in [2.75, 3.05) is 0 Å². The molecule has 3 aromatic rings. The summed E-state index contributed by atoms with van der Waals surface area (Å²) in [5, 5.41) is 3.24. The molecular formula is C27H24S. The fourth-order valence-electron chi connectivity index (χ4n) is 2.89.